The van der Waals surface area contributed by atoms with Crippen molar-refractivity contribution >= 4 is 44.4 Å². The summed E-state index contributed by atoms with van der Waals surface area (Å²) in [6.07, 6.45) is 31.3. The fourth-order valence-electron chi connectivity index (χ4n) is 25.0. The Hall–Kier alpha value is -9.28. The van der Waals surface area contributed by atoms with E-state index >= 15 is 0 Å². The van der Waals surface area contributed by atoms with Crippen LogP contribution in [0.3, 0.4) is 0 Å². The molecule has 0 radical (unpaired) electrons. The second-order valence-electron chi connectivity index (χ2n) is 35.3. The molecule has 0 amide bonds. The first kappa shape index (κ1) is 69.0. The van der Waals surface area contributed by atoms with E-state index in [0.29, 0.717) is 16.7 Å². The quantitative estimate of drug-likeness (QED) is 0.124. The van der Waals surface area contributed by atoms with E-state index in [-0.39, 0.29) is 5.41 Å². The molecule has 12 aromatic carbocycles. The van der Waals surface area contributed by atoms with Gasteiger partial charge in [0.2, 0.25) is 0 Å². The first-order valence-electron chi connectivity index (χ1n) is 42.1. The molecule has 3 heteroatoms. The number of halogens is 1. The Balaban J connectivity index is 0.000000119. The van der Waals surface area contributed by atoms with Gasteiger partial charge in [-0.2, -0.15) is 0 Å². The van der Waals surface area contributed by atoms with E-state index in [1.54, 1.807) is 11.1 Å². The molecule has 544 valence electrons. The van der Waals surface area contributed by atoms with Gasteiger partial charge in [-0.25, -0.2) is 0 Å². The van der Waals surface area contributed by atoms with Crippen molar-refractivity contribution in [2.45, 2.75) is 175 Å². The molecule has 8 bridgehead atoms. The fraction of sp³-hybridized carbons (Fsp3) is 0.321. The predicted molar refractivity (Wildman–Crippen MR) is 457 cm³/mol. The zero-order valence-electron chi connectivity index (χ0n) is 63.4. The van der Waals surface area contributed by atoms with Gasteiger partial charge in [0.25, 0.3) is 0 Å². The van der Waals surface area contributed by atoms with Crippen LogP contribution in [0.4, 0.5) is 28.4 Å². The zero-order valence-corrected chi connectivity index (χ0v) is 65.0. The molecule has 12 aliphatic carbocycles. The van der Waals surface area contributed by atoms with E-state index in [9.17, 15) is 0 Å². The standard InChI is InChI=1S/C53H51N.C28H35N.C25H17Br/c1-4-12-40(13-5-1)41-20-24-45(25-21-41)54(46-26-22-42(23-27-46)52-34-37-30-38(35-52)32-39(31-37)36-52)47-28-29-49-48-18-10-11-19-50(48)53(51(49)33-47,43-14-6-2-7-15-43)44-16-8-3-9-17-44;1-2-4-23(5-3-1)24-6-10-26(11-7-24)29-27-12-8-25(9-13-27)28-17-20-14-21(18-28)16-22(15-20)19-28;26-20-15-16-22-21-13-7-8-14-23(21)25(24(22)17-20,18-9-3-1-4-10-18)19-11-5-2-6-12-19/h2-3,6-11,14-29,33,37-40H,1,4-5,12-13,30-32,34-36H2;6-13,20-23,29H,1-5,14-19H2;1-17H. The highest BCUT2D eigenvalue weighted by atomic mass is 79.9. The molecule has 0 aromatic heterocycles. The number of hydrogen-bond donors (Lipinski definition) is 1. The summed E-state index contributed by atoms with van der Waals surface area (Å²) in [6.45, 7) is 0. The average Bonchev–Trinajstić information content (AvgIpc) is 1.55. The van der Waals surface area contributed by atoms with E-state index in [1.165, 1.54) is 248 Å². The van der Waals surface area contributed by atoms with Crippen molar-refractivity contribution in [1.82, 2.24) is 0 Å². The highest BCUT2D eigenvalue weighted by Crippen LogP contribution is 2.64. The van der Waals surface area contributed by atoms with Crippen LogP contribution in [0.15, 0.2) is 308 Å². The summed E-state index contributed by atoms with van der Waals surface area (Å²) in [4.78, 5) is 2.54. The van der Waals surface area contributed by atoms with Crippen LogP contribution < -0.4 is 10.2 Å². The number of anilines is 5. The molecule has 2 nitrogen and oxygen atoms in total. The van der Waals surface area contributed by atoms with Crippen molar-refractivity contribution in [2.24, 2.45) is 35.5 Å². The van der Waals surface area contributed by atoms with Gasteiger partial charge in [0, 0.05) is 32.9 Å². The van der Waals surface area contributed by atoms with Gasteiger partial charge in [0.15, 0.2) is 0 Å². The molecule has 0 atom stereocenters. The minimum Gasteiger partial charge on any atom is -0.356 e. The maximum Gasteiger partial charge on any atom is 0.0714 e. The summed E-state index contributed by atoms with van der Waals surface area (Å²) in [5.74, 6) is 7.36. The molecule has 0 saturated heterocycles. The third-order valence-corrected chi connectivity index (χ3v) is 29.4. The van der Waals surface area contributed by atoms with E-state index in [0.717, 1.165) is 45.9 Å². The number of benzene rings is 12. The van der Waals surface area contributed by atoms with Gasteiger partial charge in [-0.15, -0.1) is 0 Å². The van der Waals surface area contributed by atoms with E-state index in [2.05, 4.69) is 329 Å². The predicted octanol–water partition coefficient (Wildman–Crippen LogP) is 28.8. The molecule has 10 saturated carbocycles. The number of nitrogens with one attached hydrogen (secondary N) is 1. The Morgan fingerprint density at radius 1 is 0.266 bits per heavy atom. The van der Waals surface area contributed by atoms with Crippen LogP contribution in [-0.4, -0.2) is 0 Å². The van der Waals surface area contributed by atoms with Crippen molar-refractivity contribution < 1.29 is 0 Å². The van der Waals surface area contributed by atoms with Gasteiger partial charge in [-0.1, -0.05) is 285 Å². The highest BCUT2D eigenvalue weighted by molar-refractivity contribution is 9.10. The lowest BCUT2D eigenvalue weighted by molar-refractivity contribution is -0.00530. The second-order valence-corrected chi connectivity index (χ2v) is 36.3. The number of nitrogens with zero attached hydrogens (tertiary/aromatic N) is 1. The summed E-state index contributed by atoms with van der Waals surface area (Å²) in [5, 5.41) is 3.64. The Morgan fingerprint density at radius 2 is 0.578 bits per heavy atom. The lowest BCUT2D eigenvalue weighted by Crippen LogP contribution is -2.48. The molecule has 24 rings (SSSR count). The van der Waals surface area contributed by atoms with Crippen LogP contribution in [0.5, 0.6) is 0 Å². The monoisotopic (exact) mass is 1480 g/mol. The molecule has 12 aromatic rings. The van der Waals surface area contributed by atoms with E-state index in [1.807, 2.05) is 0 Å². The van der Waals surface area contributed by atoms with E-state index in [4.69, 9.17) is 0 Å². The summed E-state index contributed by atoms with van der Waals surface area (Å²) in [6, 6.07) is 114. The van der Waals surface area contributed by atoms with Crippen molar-refractivity contribution in [1.29, 1.82) is 0 Å². The Bertz CT molecular complexity index is 5040. The van der Waals surface area contributed by atoms with Crippen molar-refractivity contribution in [3.63, 3.8) is 0 Å². The maximum atomic E-state index is 3.71. The maximum absolute atomic E-state index is 3.71. The number of hydrogen-bond acceptors (Lipinski definition) is 2. The van der Waals surface area contributed by atoms with Crippen LogP contribution in [0, 0.1) is 35.5 Å². The molecular formula is C106H103BrN2. The minimum absolute atomic E-state index is 0.293. The van der Waals surface area contributed by atoms with Gasteiger partial charge >= 0.3 is 0 Å². The summed E-state index contributed by atoms with van der Waals surface area (Å²) >= 11 is 3.71. The van der Waals surface area contributed by atoms with Gasteiger partial charge in [0.1, 0.15) is 0 Å². The molecule has 1 N–H and O–H groups in total. The normalized spacial score (nSPS) is 24.6. The summed E-state index contributed by atoms with van der Waals surface area (Å²) < 4.78 is 1.11. The molecule has 109 heavy (non-hydrogen) atoms. The Kier molecular flexibility index (Phi) is 18.3. The first-order chi connectivity index (χ1) is 53.7. The topological polar surface area (TPSA) is 15.3 Å². The van der Waals surface area contributed by atoms with Crippen LogP contribution in [0.25, 0.3) is 22.3 Å². The molecule has 0 spiro atoms. The molecular weight excluding hydrogens is 1380 g/mol. The molecule has 10 fully saturated rings. The van der Waals surface area contributed by atoms with E-state index < -0.39 is 5.41 Å². The first-order valence-corrected chi connectivity index (χ1v) is 42.9. The highest BCUT2D eigenvalue weighted by Gasteiger charge is 2.54. The zero-order chi connectivity index (χ0) is 72.5. The van der Waals surface area contributed by atoms with Crippen molar-refractivity contribution in [2.75, 3.05) is 10.2 Å². The largest absolute Gasteiger partial charge is 0.356 e. The Labute approximate surface area is 657 Å². The lowest BCUT2D eigenvalue weighted by atomic mass is 9.48. The average molecular weight is 1480 g/mol. The molecule has 12 aliphatic rings. The minimum atomic E-state index is -0.427. The summed E-state index contributed by atoms with van der Waals surface area (Å²) in [7, 11) is 0. The fourth-order valence-corrected chi connectivity index (χ4v) is 25.4. The van der Waals surface area contributed by atoms with Crippen LogP contribution in [0.2, 0.25) is 0 Å². The SMILES string of the molecule is Brc1ccc2c(c1)C(c1ccccc1)(c1ccccc1)c1ccccc1-2.c1cc(C2CCCCC2)ccc1Nc1ccc(C23CC4CC(CC(C4)C2)C3)cc1.c1ccc(C2(c3ccccc3)c3ccccc3-c3ccc(N(c4ccc(C5CCCCC5)cc4)c4ccc(C56CC7CC(CC(C7)C5)C6)cc4)cc32)cc1. The second kappa shape index (κ2) is 28.9. The van der Waals surface area contributed by atoms with Crippen LogP contribution >= 0.6 is 15.9 Å². The summed E-state index contributed by atoms with van der Waals surface area (Å²) in [5.41, 5.74) is 28.5. The molecule has 0 aliphatic heterocycles. The lowest BCUT2D eigenvalue weighted by Gasteiger charge is -2.57. The van der Waals surface area contributed by atoms with Crippen molar-refractivity contribution in [3.8, 4) is 22.3 Å². The molecule has 0 unspecified atom stereocenters. The van der Waals surface area contributed by atoms with Gasteiger partial charge in [-0.05, 0) is 323 Å². The third kappa shape index (κ3) is 12.4. The Morgan fingerprint density at radius 3 is 0.982 bits per heavy atom. The smallest absolute Gasteiger partial charge is 0.0714 e. The van der Waals surface area contributed by atoms with Gasteiger partial charge in [-0.3, -0.25) is 0 Å². The van der Waals surface area contributed by atoms with Crippen molar-refractivity contribution in [3.05, 3.63) is 375 Å². The van der Waals surface area contributed by atoms with Gasteiger partial charge < -0.3 is 10.2 Å². The number of fused-ring (bicyclic) bond motifs is 6. The molecule has 0 heterocycles. The third-order valence-electron chi connectivity index (χ3n) is 28.9. The van der Waals surface area contributed by atoms with Crippen LogP contribution in [0.1, 0.15) is 220 Å². The van der Waals surface area contributed by atoms with Gasteiger partial charge in [0.05, 0.1) is 10.8 Å². The number of rotatable bonds is 13. The van der Waals surface area contributed by atoms with Crippen LogP contribution in [-0.2, 0) is 21.7 Å².